The molecular formula is C22H24N3O9P. The molecule has 1 aromatic carbocycles. The maximum Gasteiger partial charge on any atom is 0.469 e. The lowest BCUT2D eigenvalue weighted by molar-refractivity contribution is -0.0548. The molecule has 1 fully saturated rings. The van der Waals surface area contributed by atoms with Gasteiger partial charge in [-0.1, -0.05) is 30.3 Å². The van der Waals surface area contributed by atoms with Gasteiger partial charge in [0, 0.05) is 18.5 Å². The first kappa shape index (κ1) is 25.1. The normalized spacial score (nSPS) is 22.4. The van der Waals surface area contributed by atoms with Crippen LogP contribution in [0.3, 0.4) is 0 Å². The van der Waals surface area contributed by atoms with Crippen molar-refractivity contribution in [1.82, 2.24) is 14.1 Å². The van der Waals surface area contributed by atoms with Crippen LogP contribution < -0.4 is 11.2 Å². The maximum absolute atomic E-state index is 13.1. The van der Waals surface area contributed by atoms with E-state index in [0.29, 0.717) is 12.1 Å². The molecule has 4 atom stereocenters. The van der Waals surface area contributed by atoms with E-state index in [9.17, 15) is 24.4 Å². The number of phosphoric acid groups is 1. The molecule has 13 heteroatoms. The standard InChI is InChI=1S/C22H24N3O9P/c26-18-7-9-24(21-20(28)19(27)17(34-21)13-33-35(30,31)32)22(29)25(18)12-16-11-15(6-8-23-16)10-14-4-2-1-3-5-14/h1-9,11,17,19-21,27-28H,10,12-13H2,(H2,30,31,32)/t17-,19+,20+,21-/m1/s1. The van der Waals surface area contributed by atoms with Gasteiger partial charge < -0.3 is 24.7 Å². The highest BCUT2D eigenvalue weighted by Crippen LogP contribution is 2.38. The minimum atomic E-state index is -4.84. The summed E-state index contributed by atoms with van der Waals surface area (Å²) in [6.07, 6.45) is -2.58. The van der Waals surface area contributed by atoms with Crippen LogP contribution in [0, 0.1) is 0 Å². The molecule has 1 aliphatic heterocycles. The Labute approximate surface area is 198 Å². The van der Waals surface area contributed by atoms with Gasteiger partial charge in [0.25, 0.3) is 5.56 Å². The van der Waals surface area contributed by atoms with Crippen molar-refractivity contribution in [3.8, 4) is 0 Å². The van der Waals surface area contributed by atoms with Gasteiger partial charge >= 0.3 is 13.5 Å². The molecule has 0 aliphatic carbocycles. The maximum atomic E-state index is 13.1. The van der Waals surface area contributed by atoms with Gasteiger partial charge in [0.15, 0.2) is 6.23 Å². The molecule has 0 bridgehead atoms. The lowest BCUT2D eigenvalue weighted by atomic mass is 10.1. The summed E-state index contributed by atoms with van der Waals surface area (Å²) in [5.41, 5.74) is 1.08. The second kappa shape index (κ2) is 10.3. The van der Waals surface area contributed by atoms with Crippen molar-refractivity contribution in [3.63, 3.8) is 0 Å². The first-order chi connectivity index (χ1) is 16.6. The van der Waals surface area contributed by atoms with Gasteiger partial charge in [-0.3, -0.25) is 23.4 Å². The van der Waals surface area contributed by atoms with E-state index in [1.54, 1.807) is 12.3 Å². The highest BCUT2D eigenvalue weighted by Gasteiger charge is 2.45. The van der Waals surface area contributed by atoms with E-state index in [4.69, 9.17) is 14.5 Å². The van der Waals surface area contributed by atoms with Crippen molar-refractivity contribution in [2.24, 2.45) is 0 Å². The van der Waals surface area contributed by atoms with Crippen molar-refractivity contribution >= 4 is 7.82 Å². The molecule has 12 nitrogen and oxygen atoms in total. The topological polar surface area (TPSA) is 173 Å². The molecule has 35 heavy (non-hydrogen) atoms. The molecule has 3 heterocycles. The number of aliphatic hydroxyl groups excluding tert-OH is 2. The molecule has 2 aromatic heterocycles. The van der Waals surface area contributed by atoms with Crippen LogP contribution >= 0.6 is 7.82 Å². The fourth-order valence-corrected chi connectivity index (χ4v) is 4.20. The van der Waals surface area contributed by atoms with Crippen LogP contribution in [-0.4, -0.2) is 59.0 Å². The zero-order valence-electron chi connectivity index (χ0n) is 18.3. The Morgan fingerprint density at radius 1 is 1.03 bits per heavy atom. The van der Waals surface area contributed by atoms with Crippen LogP contribution in [0.5, 0.6) is 0 Å². The zero-order chi connectivity index (χ0) is 25.2. The number of hydrogen-bond donors (Lipinski definition) is 4. The number of hydrogen-bond acceptors (Lipinski definition) is 8. The third-order valence-corrected chi connectivity index (χ3v) is 6.05. The van der Waals surface area contributed by atoms with E-state index in [-0.39, 0.29) is 6.54 Å². The van der Waals surface area contributed by atoms with Crippen molar-refractivity contribution in [1.29, 1.82) is 0 Å². The largest absolute Gasteiger partial charge is 0.469 e. The Balaban J connectivity index is 1.56. The number of rotatable bonds is 8. The molecule has 4 rings (SSSR count). The summed E-state index contributed by atoms with van der Waals surface area (Å²) in [5.74, 6) is 0. The van der Waals surface area contributed by atoms with E-state index in [1.165, 1.54) is 0 Å². The van der Waals surface area contributed by atoms with E-state index >= 15 is 0 Å². The van der Waals surface area contributed by atoms with Crippen LogP contribution in [-0.2, 0) is 26.8 Å². The lowest BCUT2D eigenvalue weighted by Gasteiger charge is -2.18. The third-order valence-electron chi connectivity index (χ3n) is 5.57. The molecule has 0 unspecified atom stereocenters. The van der Waals surface area contributed by atoms with Gasteiger partial charge in [0.1, 0.15) is 18.3 Å². The van der Waals surface area contributed by atoms with Crippen molar-refractivity contribution < 1.29 is 33.8 Å². The van der Waals surface area contributed by atoms with Crippen molar-refractivity contribution in [2.45, 2.75) is 37.5 Å². The number of aromatic nitrogens is 3. The third kappa shape index (κ3) is 6.00. The molecule has 186 valence electrons. The summed E-state index contributed by atoms with van der Waals surface area (Å²) in [4.78, 5) is 47.5. The SMILES string of the molecule is O=c1ccn([C@@H]2O[C@H](COP(=O)(O)O)[C@H](O)[C@@H]2O)c(=O)n1Cc1cc(Cc2ccccc2)ccn1. The summed E-state index contributed by atoms with van der Waals surface area (Å²) in [7, 11) is -4.84. The number of pyridine rings is 1. The molecular weight excluding hydrogens is 481 g/mol. The minimum Gasteiger partial charge on any atom is -0.387 e. The predicted octanol–water partition coefficient (Wildman–Crippen LogP) is -0.227. The number of nitrogens with zero attached hydrogens (tertiary/aromatic N) is 3. The van der Waals surface area contributed by atoms with E-state index < -0.39 is 50.2 Å². The molecule has 4 N–H and O–H groups in total. The molecule has 1 saturated heterocycles. The molecule has 0 amide bonds. The fourth-order valence-electron chi connectivity index (χ4n) is 3.86. The molecule has 0 spiro atoms. The summed E-state index contributed by atoms with van der Waals surface area (Å²) in [6.45, 7) is -0.858. The van der Waals surface area contributed by atoms with Crippen LogP contribution in [0.2, 0.25) is 0 Å². The first-order valence-electron chi connectivity index (χ1n) is 10.6. The average Bonchev–Trinajstić information content (AvgIpc) is 3.09. The number of benzene rings is 1. The summed E-state index contributed by atoms with van der Waals surface area (Å²) in [5, 5.41) is 20.6. The second-order valence-corrected chi connectivity index (χ2v) is 9.32. The van der Waals surface area contributed by atoms with Crippen LogP contribution in [0.4, 0.5) is 0 Å². The van der Waals surface area contributed by atoms with Gasteiger partial charge in [-0.25, -0.2) is 9.36 Å². The summed E-state index contributed by atoms with van der Waals surface area (Å²) >= 11 is 0. The van der Waals surface area contributed by atoms with Crippen molar-refractivity contribution in [2.75, 3.05) is 6.61 Å². The van der Waals surface area contributed by atoms with Gasteiger partial charge in [-0.2, -0.15) is 0 Å². The summed E-state index contributed by atoms with van der Waals surface area (Å²) in [6, 6.07) is 14.5. The smallest absolute Gasteiger partial charge is 0.387 e. The van der Waals surface area contributed by atoms with E-state index in [0.717, 1.165) is 32.5 Å². The highest BCUT2D eigenvalue weighted by molar-refractivity contribution is 7.46. The highest BCUT2D eigenvalue weighted by atomic mass is 31.2. The van der Waals surface area contributed by atoms with Crippen LogP contribution in [0.1, 0.15) is 23.0 Å². The Kier molecular flexibility index (Phi) is 7.43. The monoisotopic (exact) mass is 505 g/mol. The van der Waals surface area contributed by atoms with Gasteiger partial charge in [0.05, 0.1) is 18.8 Å². The Bertz CT molecular complexity index is 1340. The van der Waals surface area contributed by atoms with Crippen LogP contribution in [0.15, 0.2) is 70.5 Å². The number of ether oxygens (including phenoxy) is 1. The lowest BCUT2D eigenvalue weighted by Crippen LogP contribution is -2.43. The summed E-state index contributed by atoms with van der Waals surface area (Å²) < 4.78 is 22.6. The number of aliphatic hydroxyl groups is 2. The Hall–Kier alpha value is -2.96. The second-order valence-electron chi connectivity index (χ2n) is 8.08. The van der Waals surface area contributed by atoms with E-state index in [1.807, 2.05) is 36.4 Å². The molecule has 0 radical (unpaired) electrons. The van der Waals surface area contributed by atoms with Crippen molar-refractivity contribution in [3.05, 3.63) is 98.6 Å². The Morgan fingerprint density at radius 2 is 1.77 bits per heavy atom. The van der Waals surface area contributed by atoms with Crippen LogP contribution in [0.25, 0.3) is 0 Å². The predicted molar refractivity (Wildman–Crippen MR) is 121 cm³/mol. The quantitative estimate of drug-likeness (QED) is 0.300. The van der Waals surface area contributed by atoms with Gasteiger partial charge in [-0.15, -0.1) is 0 Å². The number of phosphoric ester groups is 1. The molecule has 1 aliphatic rings. The minimum absolute atomic E-state index is 0.142. The van der Waals surface area contributed by atoms with Gasteiger partial charge in [0.2, 0.25) is 0 Å². The van der Waals surface area contributed by atoms with E-state index in [2.05, 4.69) is 9.51 Å². The average molecular weight is 505 g/mol. The Morgan fingerprint density at radius 3 is 2.49 bits per heavy atom. The first-order valence-corrected chi connectivity index (χ1v) is 12.2. The zero-order valence-corrected chi connectivity index (χ0v) is 19.2. The fraction of sp³-hybridized carbons (Fsp3) is 0.318. The van der Waals surface area contributed by atoms with Gasteiger partial charge in [-0.05, 0) is 29.7 Å². The molecule has 0 saturated carbocycles. The molecule has 3 aromatic rings.